The van der Waals surface area contributed by atoms with Gasteiger partial charge in [0.1, 0.15) is 18.2 Å². The summed E-state index contributed by atoms with van der Waals surface area (Å²) in [5.74, 6) is -1.05. The van der Waals surface area contributed by atoms with E-state index >= 15 is 0 Å². The molecule has 1 aliphatic rings. The van der Waals surface area contributed by atoms with Crippen LogP contribution in [0.2, 0.25) is 0 Å². The Morgan fingerprint density at radius 1 is 1.50 bits per heavy atom. The number of aliphatic hydroxyl groups is 1. The summed E-state index contributed by atoms with van der Waals surface area (Å²) in [7, 11) is 0. The van der Waals surface area contributed by atoms with Crippen LogP contribution in [0.1, 0.15) is 33.6 Å². The van der Waals surface area contributed by atoms with Crippen LogP contribution in [-0.2, 0) is 14.3 Å². The number of esters is 1. The van der Waals surface area contributed by atoms with E-state index in [-0.39, 0.29) is 12.6 Å². The lowest BCUT2D eigenvalue weighted by molar-refractivity contribution is -0.155. The second kappa shape index (κ2) is 6.15. The third kappa shape index (κ3) is 5.01. The lowest BCUT2D eigenvalue weighted by Gasteiger charge is -2.21. The average Bonchev–Trinajstić information content (AvgIpc) is 2.75. The Labute approximate surface area is 107 Å². The largest absolute Gasteiger partial charge is 0.459 e. The quantitative estimate of drug-likeness (QED) is 0.595. The molecule has 0 spiro atoms. The minimum Gasteiger partial charge on any atom is -0.459 e. The monoisotopic (exact) mass is 258 g/mol. The number of hydrogen-bond acceptors (Lipinski definition) is 5. The molecule has 0 saturated carbocycles. The lowest BCUT2D eigenvalue weighted by atomic mass is 10.1. The van der Waals surface area contributed by atoms with Crippen LogP contribution >= 0.6 is 0 Å². The van der Waals surface area contributed by atoms with E-state index in [9.17, 15) is 14.7 Å². The molecule has 6 heteroatoms. The normalized spacial score (nSPS) is 21.4. The molecule has 6 nitrogen and oxygen atoms in total. The van der Waals surface area contributed by atoms with Crippen molar-refractivity contribution in [3.05, 3.63) is 0 Å². The summed E-state index contributed by atoms with van der Waals surface area (Å²) in [4.78, 5) is 23.0. The van der Waals surface area contributed by atoms with Gasteiger partial charge in [-0.2, -0.15) is 0 Å². The van der Waals surface area contributed by atoms with Gasteiger partial charge in [0.05, 0.1) is 0 Å². The van der Waals surface area contributed by atoms with Crippen LogP contribution < -0.4 is 10.6 Å². The van der Waals surface area contributed by atoms with Crippen LogP contribution in [-0.4, -0.2) is 47.8 Å². The number of hydrogen-bond donors (Lipinski definition) is 3. The summed E-state index contributed by atoms with van der Waals surface area (Å²) in [6.45, 7) is 5.85. The van der Waals surface area contributed by atoms with Crippen molar-refractivity contribution in [2.75, 3.05) is 13.1 Å². The molecule has 1 rings (SSSR count). The molecular formula is C12H22N2O4. The van der Waals surface area contributed by atoms with Crippen molar-refractivity contribution >= 4 is 11.9 Å². The number of ether oxygens (including phenoxy) is 1. The SMILES string of the molecule is CC(C)(C)OC(=O)CNC(=O)C(O)[C@@H]1CCCN1. The van der Waals surface area contributed by atoms with Gasteiger partial charge in [0.15, 0.2) is 0 Å². The highest BCUT2D eigenvalue weighted by Gasteiger charge is 2.28. The molecule has 1 fully saturated rings. The molecule has 3 N–H and O–H groups in total. The minimum absolute atomic E-state index is 0.219. The van der Waals surface area contributed by atoms with E-state index in [4.69, 9.17) is 4.74 Å². The van der Waals surface area contributed by atoms with Gasteiger partial charge in [-0.1, -0.05) is 0 Å². The third-order valence-electron chi connectivity index (χ3n) is 2.58. The number of carbonyl (C=O) groups is 2. The van der Waals surface area contributed by atoms with E-state index in [1.54, 1.807) is 20.8 Å². The minimum atomic E-state index is -1.12. The molecule has 18 heavy (non-hydrogen) atoms. The maximum Gasteiger partial charge on any atom is 0.325 e. The number of aliphatic hydroxyl groups excluding tert-OH is 1. The van der Waals surface area contributed by atoms with Crippen LogP contribution in [0.25, 0.3) is 0 Å². The second-order valence-electron chi connectivity index (χ2n) is 5.45. The van der Waals surface area contributed by atoms with Gasteiger partial charge in [-0.25, -0.2) is 0 Å². The Balaban J connectivity index is 2.29. The van der Waals surface area contributed by atoms with Gasteiger partial charge in [0.25, 0.3) is 5.91 Å². The van der Waals surface area contributed by atoms with Gasteiger partial charge >= 0.3 is 5.97 Å². The number of carbonyl (C=O) groups excluding carboxylic acids is 2. The van der Waals surface area contributed by atoms with Crippen LogP contribution in [0.4, 0.5) is 0 Å². The van der Waals surface area contributed by atoms with Crippen LogP contribution in [0.15, 0.2) is 0 Å². The molecule has 0 aromatic heterocycles. The molecule has 1 unspecified atom stereocenters. The Morgan fingerprint density at radius 2 is 2.17 bits per heavy atom. The highest BCUT2D eigenvalue weighted by atomic mass is 16.6. The molecule has 0 aliphatic carbocycles. The number of amides is 1. The first-order chi connectivity index (χ1) is 8.29. The standard InChI is InChI=1S/C12H22N2O4/c1-12(2,3)18-9(15)7-14-11(17)10(16)8-5-4-6-13-8/h8,10,13,16H,4-7H2,1-3H3,(H,14,17)/t8-,10?/m0/s1. The van der Waals surface area contributed by atoms with E-state index < -0.39 is 23.6 Å². The predicted molar refractivity (Wildman–Crippen MR) is 65.9 cm³/mol. The molecule has 0 aromatic carbocycles. The van der Waals surface area contributed by atoms with E-state index in [2.05, 4.69) is 10.6 Å². The maximum atomic E-state index is 11.6. The van der Waals surface area contributed by atoms with E-state index in [1.165, 1.54) is 0 Å². The van der Waals surface area contributed by atoms with Gasteiger partial charge in [0, 0.05) is 6.04 Å². The Morgan fingerprint density at radius 3 is 2.67 bits per heavy atom. The Hall–Kier alpha value is -1.14. The van der Waals surface area contributed by atoms with Crippen molar-refractivity contribution in [2.24, 2.45) is 0 Å². The summed E-state index contributed by atoms with van der Waals surface area (Å²) < 4.78 is 5.04. The second-order valence-corrected chi connectivity index (χ2v) is 5.45. The first-order valence-electron chi connectivity index (χ1n) is 6.20. The highest BCUT2D eigenvalue weighted by molar-refractivity contribution is 5.85. The first kappa shape index (κ1) is 14.9. The maximum absolute atomic E-state index is 11.6. The molecule has 1 aliphatic heterocycles. The van der Waals surface area contributed by atoms with Crippen molar-refractivity contribution in [3.8, 4) is 0 Å². The van der Waals surface area contributed by atoms with Crippen LogP contribution in [0.3, 0.4) is 0 Å². The summed E-state index contributed by atoms with van der Waals surface area (Å²) in [6.07, 6.45) is 0.595. The van der Waals surface area contributed by atoms with Gasteiger partial charge < -0.3 is 20.5 Å². The van der Waals surface area contributed by atoms with Crippen molar-refractivity contribution < 1.29 is 19.4 Å². The van der Waals surface area contributed by atoms with Gasteiger partial charge in [-0.15, -0.1) is 0 Å². The summed E-state index contributed by atoms with van der Waals surface area (Å²) in [5, 5.41) is 15.2. The lowest BCUT2D eigenvalue weighted by Crippen LogP contribution is -2.47. The summed E-state index contributed by atoms with van der Waals surface area (Å²) in [6, 6.07) is -0.219. The molecule has 0 radical (unpaired) electrons. The topological polar surface area (TPSA) is 87.7 Å². The fourth-order valence-electron chi connectivity index (χ4n) is 1.81. The van der Waals surface area contributed by atoms with E-state index in [0.29, 0.717) is 0 Å². The molecule has 1 amide bonds. The number of nitrogens with one attached hydrogen (secondary N) is 2. The fraction of sp³-hybridized carbons (Fsp3) is 0.833. The summed E-state index contributed by atoms with van der Waals surface area (Å²) in [5.41, 5.74) is -0.576. The van der Waals surface area contributed by atoms with E-state index in [1.807, 2.05) is 0 Å². The predicted octanol–water partition coefficient (Wildman–Crippen LogP) is -0.443. The molecule has 0 bridgehead atoms. The van der Waals surface area contributed by atoms with Crippen molar-refractivity contribution in [2.45, 2.75) is 51.4 Å². The smallest absolute Gasteiger partial charge is 0.325 e. The van der Waals surface area contributed by atoms with E-state index in [0.717, 1.165) is 19.4 Å². The van der Waals surface area contributed by atoms with Gasteiger partial charge in [0.2, 0.25) is 0 Å². The Kier molecular flexibility index (Phi) is 5.10. The molecule has 0 aromatic rings. The Bertz CT molecular complexity index is 306. The molecule has 1 heterocycles. The van der Waals surface area contributed by atoms with Gasteiger partial charge in [-0.05, 0) is 40.2 Å². The van der Waals surface area contributed by atoms with Crippen molar-refractivity contribution in [3.63, 3.8) is 0 Å². The van der Waals surface area contributed by atoms with Crippen LogP contribution in [0.5, 0.6) is 0 Å². The van der Waals surface area contributed by atoms with Crippen molar-refractivity contribution in [1.82, 2.24) is 10.6 Å². The molecule has 2 atom stereocenters. The fourth-order valence-corrected chi connectivity index (χ4v) is 1.81. The van der Waals surface area contributed by atoms with Crippen molar-refractivity contribution in [1.29, 1.82) is 0 Å². The zero-order chi connectivity index (χ0) is 13.8. The first-order valence-corrected chi connectivity index (χ1v) is 6.20. The zero-order valence-corrected chi connectivity index (χ0v) is 11.2. The summed E-state index contributed by atoms with van der Waals surface area (Å²) >= 11 is 0. The average molecular weight is 258 g/mol. The van der Waals surface area contributed by atoms with Crippen LogP contribution in [0, 0.1) is 0 Å². The molecule has 104 valence electrons. The van der Waals surface area contributed by atoms with Gasteiger partial charge in [-0.3, -0.25) is 9.59 Å². The third-order valence-corrected chi connectivity index (χ3v) is 2.58. The number of rotatable bonds is 4. The molecular weight excluding hydrogens is 236 g/mol. The zero-order valence-electron chi connectivity index (χ0n) is 11.2. The highest BCUT2D eigenvalue weighted by Crippen LogP contribution is 2.09. The molecule has 1 saturated heterocycles.